The van der Waals surface area contributed by atoms with E-state index in [1.807, 2.05) is 13.0 Å². The third-order valence-electron chi connectivity index (χ3n) is 2.92. The molecule has 1 unspecified atom stereocenters. The number of benzene rings is 1. The second kappa shape index (κ2) is 3.65. The molecule has 0 amide bonds. The van der Waals surface area contributed by atoms with Crippen LogP contribution in [-0.4, -0.2) is 0 Å². The van der Waals surface area contributed by atoms with Gasteiger partial charge in [-0.15, -0.1) is 0 Å². The van der Waals surface area contributed by atoms with Crippen LogP contribution in [0.1, 0.15) is 25.3 Å². The Morgan fingerprint density at radius 2 is 1.93 bits per heavy atom. The highest BCUT2D eigenvalue weighted by atomic mass is 19.1. The Morgan fingerprint density at radius 1 is 1.27 bits per heavy atom. The molecule has 15 heavy (non-hydrogen) atoms. The van der Waals surface area contributed by atoms with E-state index in [0.29, 0.717) is 0 Å². The SMILES string of the molecule is CC1CCC=C1c1c(F)ccc(F)c1N. The molecule has 0 aliphatic heterocycles. The molecule has 0 aromatic heterocycles. The smallest absolute Gasteiger partial charge is 0.146 e. The zero-order valence-electron chi connectivity index (χ0n) is 8.56. The maximum atomic E-state index is 13.6. The summed E-state index contributed by atoms with van der Waals surface area (Å²) in [5, 5.41) is 0. The summed E-state index contributed by atoms with van der Waals surface area (Å²) in [7, 11) is 0. The van der Waals surface area contributed by atoms with Gasteiger partial charge < -0.3 is 5.73 Å². The lowest BCUT2D eigenvalue weighted by molar-refractivity contribution is 0.597. The van der Waals surface area contributed by atoms with E-state index in [-0.39, 0.29) is 17.2 Å². The summed E-state index contributed by atoms with van der Waals surface area (Å²) in [4.78, 5) is 0. The van der Waals surface area contributed by atoms with Crippen molar-refractivity contribution in [1.82, 2.24) is 0 Å². The second-order valence-corrected chi connectivity index (χ2v) is 3.96. The van der Waals surface area contributed by atoms with Gasteiger partial charge in [0, 0.05) is 5.56 Å². The Balaban J connectivity index is 2.56. The molecule has 1 nitrogen and oxygen atoms in total. The number of rotatable bonds is 1. The van der Waals surface area contributed by atoms with Gasteiger partial charge in [0.1, 0.15) is 11.6 Å². The summed E-state index contributed by atoms with van der Waals surface area (Å²) in [6, 6.07) is 2.20. The van der Waals surface area contributed by atoms with Crippen LogP contribution in [0.3, 0.4) is 0 Å². The lowest BCUT2D eigenvalue weighted by atomic mass is 9.95. The van der Waals surface area contributed by atoms with E-state index in [2.05, 4.69) is 0 Å². The first kappa shape index (κ1) is 10.1. The van der Waals surface area contributed by atoms with Gasteiger partial charge in [-0.05, 0) is 36.5 Å². The topological polar surface area (TPSA) is 26.0 Å². The van der Waals surface area contributed by atoms with E-state index in [0.717, 1.165) is 30.5 Å². The highest BCUT2D eigenvalue weighted by Crippen LogP contribution is 2.38. The number of nitrogen functional groups attached to an aromatic ring is 1. The number of allylic oxidation sites excluding steroid dienone is 2. The Hall–Kier alpha value is -1.38. The minimum Gasteiger partial charge on any atom is -0.396 e. The maximum absolute atomic E-state index is 13.6. The number of hydrogen-bond donors (Lipinski definition) is 1. The van der Waals surface area contributed by atoms with Crippen molar-refractivity contribution in [1.29, 1.82) is 0 Å². The van der Waals surface area contributed by atoms with Crippen molar-refractivity contribution in [2.24, 2.45) is 5.92 Å². The molecular formula is C12H13F2N. The minimum absolute atomic E-state index is 0.0741. The van der Waals surface area contributed by atoms with Crippen molar-refractivity contribution in [3.63, 3.8) is 0 Å². The van der Waals surface area contributed by atoms with Crippen LogP contribution >= 0.6 is 0 Å². The summed E-state index contributed by atoms with van der Waals surface area (Å²) in [6.45, 7) is 2.00. The summed E-state index contributed by atoms with van der Waals surface area (Å²) < 4.78 is 26.8. The van der Waals surface area contributed by atoms with Crippen molar-refractivity contribution in [3.05, 3.63) is 35.4 Å². The van der Waals surface area contributed by atoms with Crippen molar-refractivity contribution in [3.8, 4) is 0 Å². The summed E-state index contributed by atoms with van der Waals surface area (Å²) in [5.41, 5.74) is 6.58. The van der Waals surface area contributed by atoms with Crippen LogP contribution in [0.15, 0.2) is 18.2 Å². The Morgan fingerprint density at radius 3 is 2.53 bits per heavy atom. The predicted molar refractivity (Wildman–Crippen MR) is 57.1 cm³/mol. The molecule has 0 spiro atoms. The van der Waals surface area contributed by atoms with Gasteiger partial charge >= 0.3 is 0 Å². The molecule has 0 heterocycles. The normalized spacial score (nSPS) is 20.5. The zero-order chi connectivity index (χ0) is 11.0. The van der Waals surface area contributed by atoms with Gasteiger partial charge in [-0.2, -0.15) is 0 Å². The molecule has 3 heteroatoms. The third-order valence-corrected chi connectivity index (χ3v) is 2.92. The number of hydrogen-bond acceptors (Lipinski definition) is 1. The van der Waals surface area contributed by atoms with Gasteiger partial charge in [0.2, 0.25) is 0 Å². The maximum Gasteiger partial charge on any atom is 0.146 e. The fourth-order valence-electron chi connectivity index (χ4n) is 2.05. The van der Waals surface area contributed by atoms with Gasteiger partial charge in [0.05, 0.1) is 5.69 Å². The molecule has 1 atom stereocenters. The summed E-state index contributed by atoms with van der Waals surface area (Å²) in [5.74, 6) is -0.732. The molecule has 1 aliphatic carbocycles. The molecule has 1 aromatic carbocycles. The van der Waals surface area contributed by atoms with Crippen LogP contribution in [0.5, 0.6) is 0 Å². The first-order valence-electron chi connectivity index (χ1n) is 5.05. The van der Waals surface area contributed by atoms with Crippen molar-refractivity contribution >= 4 is 11.3 Å². The monoisotopic (exact) mass is 209 g/mol. The quantitative estimate of drug-likeness (QED) is 0.705. The van der Waals surface area contributed by atoms with Gasteiger partial charge in [0.15, 0.2) is 0 Å². The van der Waals surface area contributed by atoms with E-state index in [1.165, 1.54) is 0 Å². The average molecular weight is 209 g/mol. The Bertz CT molecular complexity index is 424. The third kappa shape index (κ3) is 1.62. The zero-order valence-corrected chi connectivity index (χ0v) is 8.56. The van der Waals surface area contributed by atoms with Crippen LogP contribution in [0.4, 0.5) is 14.5 Å². The Labute approximate surface area is 87.6 Å². The second-order valence-electron chi connectivity index (χ2n) is 3.96. The average Bonchev–Trinajstić information content (AvgIpc) is 2.60. The van der Waals surface area contributed by atoms with E-state index in [1.54, 1.807) is 0 Å². The fourth-order valence-corrected chi connectivity index (χ4v) is 2.05. The number of nitrogens with two attached hydrogens (primary N) is 1. The largest absolute Gasteiger partial charge is 0.396 e. The Kier molecular flexibility index (Phi) is 2.47. The van der Waals surface area contributed by atoms with E-state index in [9.17, 15) is 8.78 Å². The van der Waals surface area contributed by atoms with E-state index in [4.69, 9.17) is 5.73 Å². The predicted octanol–water partition coefficient (Wildman–Crippen LogP) is 3.36. The number of halogens is 2. The highest BCUT2D eigenvalue weighted by molar-refractivity contribution is 5.78. The molecule has 1 aliphatic rings. The summed E-state index contributed by atoms with van der Waals surface area (Å²) in [6.07, 6.45) is 3.83. The van der Waals surface area contributed by atoms with Gasteiger partial charge in [-0.25, -0.2) is 8.78 Å². The highest BCUT2D eigenvalue weighted by Gasteiger charge is 2.22. The fraction of sp³-hybridized carbons (Fsp3) is 0.333. The molecule has 0 saturated heterocycles. The van der Waals surface area contributed by atoms with Gasteiger partial charge in [0.25, 0.3) is 0 Å². The van der Waals surface area contributed by atoms with E-state index >= 15 is 0 Å². The lowest BCUT2D eigenvalue weighted by Gasteiger charge is -2.13. The molecule has 1 aromatic rings. The van der Waals surface area contributed by atoms with Crippen LogP contribution < -0.4 is 5.73 Å². The van der Waals surface area contributed by atoms with Crippen LogP contribution in [0, 0.1) is 17.6 Å². The molecule has 80 valence electrons. The van der Waals surface area contributed by atoms with Gasteiger partial charge in [-0.1, -0.05) is 13.0 Å². The first-order chi connectivity index (χ1) is 7.11. The molecule has 0 radical (unpaired) electrons. The minimum atomic E-state index is -0.550. The molecule has 2 N–H and O–H groups in total. The molecule has 0 fully saturated rings. The molecule has 0 saturated carbocycles. The van der Waals surface area contributed by atoms with Crippen LogP contribution in [0.25, 0.3) is 5.57 Å². The summed E-state index contributed by atoms with van der Waals surface area (Å²) >= 11 is 0. The lowest BCUT2D eigenvalue weighted by Crippen LogP contribution is -2.03. The van der Waals surface area contributed by atoms with Gasteiger partial charge in [-0.3, -0.25) is 0 Å². The van der Waals surface area contributed by atoms with Crippen LogP contribution in [-0.2, 0) is 0 Å². The molecule has 0 bridgehead atoms. The molecule has 2 rings (SSSR count). The van der Waals surface area contributed by atoms with Crippen molar-refractivity contribution in [2.75, 3.05) is 5.73 Å². The van der Waals surface area contributed by atoms with Crippen LogP contribution in [0.2, 0.25) is 0 Å². The number of anilines is 1. The van der Waals surface area contributed by atoms with Crippen molar-refractivity contribution in [2.45, 2.75) is 19.8 Å². The molecular weight excluding hydrogens is 196 g/mol. The van der Waals surface area contributed by atoms with Crippen molar-refractivity contribution < 1.29 is 8.78 Å². The van der Waals surface area contributed by atoms with E-state index < -0.39 is 11.6 Å². The standard InChI is InChI=1S/C12H13F2N/c1-7-3-2-4-8(7)11-9(13)5-6-10(14)12(11)15/h4-7H,2-3,15H2,1H3. The first-order valence-corrected chi connectivity index (χ1v) is 5.05.